The first-order chi connectivity index (χ1) is 8.06. The van der Waals surface area contributed by atoms with Crippen LogP contribution < -0.4 is 0 Å². The molecular formula is C13H13FN2O. The summed E-state index contributed by atoms with van der Waals surface area (Å²) >= 11 is 0. The van der Waals surface area contributed by atoms with Crippen molar-refractivity contribution in [3.05, 3.63) is 52.7 Å². The summed E-state index contributed by atoms with van der Waals surface area (Å²) < 4.78 is 12.7. The van der Waals surface area contributed by atoms with Crippen LogP contribution in [0, 0.1) is 19.7 Å². The van der Waals surface area contributed by atoms with E-state index >= 15 is 0 Å². The van der Waals surface area contributed by atoms with Crippen LogP contribution in [-0.2, 0) is 6.42 Å². The Bertz CT molecular complexity index is 538. The summed E-state index contributed by atoms with van der Waals surface area (Å²) in [4.78, 5) is 8.29. The third kappa shape index (κ3) is 2.58. The van der Waals surface area contributed by atoms with Crippen molar-refractivity contribution in [2.24, 2.45) is 0 Å². The number of rotatable bonds is 2. The zero-order chi connectivity index (χ0) is 12.4. The van der Waals surface area contributed by atoms with E-state index in [0.29, 0.717) is 17.8 Å². The normalized spacial score (nSPS) is 10.5. The smallest absolute Gasteiger partial charge is 0.233 e. The highest BCUT2D eigenvalue weighted by atomic mass is 19.1. The number of halogens is 1. The molecule has 4 heteroatoms. The van der Waals surface area contributed by atoms with Crippen molar-refractivity contribution < 1.29 is 9.50 Å². The molecule has 0 radical (unpaired) electrons. The highest BCUT2D eigenvalue weighted by Gasteiger charge is 2.08. The Morgan fingerprint density at radius 2 is 1.65 bits per heavy atom. The Hall–Kier alpha value is -1.97. The monoisotopic (exact) mass is 232 g/mol. The van der Waals surface area contributed by atoms with Crippen LogP contribution >= 0.6 is 0 Å². The Morgan fingerprint density at radius 1 is 1.06 bits per heavy atom. The topological polar surface area (TPSA) is 46.0 Å². The second kappa shape index (κ2) is 4.49. The lowest BCUT2D eigenvalue weighted by atomic mass is 10.1. The second-order valence-corrected chi connectivity index (χ2v) is 3.97. The third-order valence-electron chi connectivity index (χ3n) is 2.64. The number of aromatic nitrogens is 2. The SMILES string of the molecule is Cc1nc(O)c(Cc2ccc(F)cc2)nc1C. The molecule has 88 valence electrons. The standard InChI is InChI=1S/C13H13FN2O/c1-8-9(2)16-13(17)12(15-8)7-10-3-5-11(14)6-4-10/h3-6H,7H2,1-2H3,(H,16,17). The molecule has 0 saturated heterocycles. The predicted molar refractivity (Wildman–Crippen MR) is 62.4 cm³/mol. The van der Waals surface area contributed by atoms with E-state index in [4.69, 9.17) is 0 Å². The zero-order valence-electron chi connectivity index (χ0n) is 9.74. The van der Waals surface area contributed by atoms with Gasteiger partial charge in [0.05, 0.1) is 11.4 Å². The van der Waals surface area contributed by atoms with Gasteiger partial charge in [-0.25, -0.2) is 9.37 Å². The van der Waals surface area contributed by atoms with Gasteiger partial charge in [0.15, 0.2) is 0 Å². The Kier molecular flexibility index (Phi) is 3.04. The number of aryl methyl sites for hydroxylation is 2. The summed E-state index contributed by atoms with van der Waals surface area (Å²) in [6.07, 6.45) is 0.445. The molecule has 1 aromatic heterocycles. The summed E-state index contributed by atoms with van der Waals surface area (Å²) in [7, 11) is 0. The number of aromatic hydroxyl groups is 1. The molecule has 2 rings (SSSR count). The van der Waals surface area contributed by atoms with E-state index < -0.39 is 0 Å². The molecular weight excluding hydrogens is 219 g/mol. The molecule has 1 N–H and O–H groups in total. The largest absolute Gasteiger partial charge is 0.492 e. The molecule has 0 aliphatic carbocycles. The molecule has 1 aromatic carbocycles. The van der Waals surface area contributed by atoms with Crippen LogP contribution in [0.4, 0.5) is 4.39 Å². The summed E-state index contributed by atoms with van der Waals surface area (Å²) in [5.74, 6) is -0.332. The highest BCUT2D eigenvalue weighted by molar-refractivity contribution is 5.29. The molecule has 0 spiro atoms. The van der Waals surface area contributed by atoms with E-state index in [2.05, 4.69) is 9.97 Å². The molecule has 0 fully saturated rings. The van der Waals surface area contributed by atoms with Crippen molar-refractivity contribution in [2.75, 3.05) is 0 Å². The maximum absolute atomic E-state index is 12.7. The van der Waals surface area contributed by atoms with Crippen molar-refractivity contribution in [3.8, 4) is 5.88 Å². The first-order valence-electron chi connectivity index (χ1n) is 5.34. The van der Waals surface area contributed by atoms with E-state index in [9.17, 15) is 9.50 Å². The quantitative estimate of drug-likeness (QED) is 0.865. The lowest BCUT2D eigenvalue weighted by Crippen LogP contribution is -2.00. The number of benzene rings is 1. The Morgan fingerprint density at radius 3 is 2.29 bits per heavy atom. The summed E-state index contributed by atoms with van der Waals surface area (Å²) in [6, 6.07) is 6.12. The fourth-order valence-electron chi connectivity index (χ4n) is 1.55. The van der Waals surface area contributed by atoms with Crippen molar-refractivity contribution in [3.63, 3.8) is 0 Å². The molecule has 0 atom stereocenters. The van der Waals surface area contributed by atoms with Crippen LogP contribution in [0.2, 0.25) is 0 Å². The van der Waals surface area contributed by atoms with Crippen LogP contribution in [0.5, 0.6) is 5.88 Å². The van der Waals surface area contributed by atoms with Crippen molar-refractivity contribution in [1.29, 1.82) is 0 Å². The molecule has 0 saturated carbocycles. The van der Waals surface area contributed by atoms with Crippen LogP contribution in [0.1, 0.15) is 22.6 Å². The summed E-state index contributed by atoms with van der Waals surface area (Å²) in [6.45, 7) is 3.64. The van der Waals surface area contributed by atoms with Gasteiger partial charge in [-0.3, -0.25) is 4.98 Å². The Balaban J connectivity index is 2.30. The maximum Gasteiger partial charge on any atom is 0.233 e. The van der Waals surface area contributed by atoms with Crippen molar-refractivity contribution in [1.82, 2.24) is 9.97 Å². The van der Waals surface area contributed by atoms with Crippen LogP contribution in [0.15, 0.2) is 24.3 Å². The summed E-state index contributed by atoms with van der Waals surface area (Å²) in [5.41, 5.74) is 2.91. The van der Waals surface area contributed by atoms with Gasteiger partial charge in [-0.15, -0.1) is 0 Å². The van der Waals surface area contributed by atoms with Crippen LogP contribution in [0.25, 0.3) is 0 Å². The molecule has 0 aliphatic heterocycles. The molecule has 2 aromatic rings. The van der Waals surface area contributed by atoms with Gasteiger partial charge in [-0.1, -0.05) is 12.1 Å². The lowest BCUT2D eigenvalue weighted by molar-refractivity contribution is 0.440. The highest BCUT2D eigenvalue weighted by Crippen LogP contribution is 2.18. The van der Waals surface area contributed by atoms with Crippen molar-refractivity contribution >= 4 is 0 Å². The van der Waals surface area contributed by atoms with Gasteiger partial charge >= 0.3 is 0 Å². The second-order valence-electron chi connectivity index (χ2n) is 3.97. The van der Waals surface area contributed by atoms with Gasteiger partial charge in [-0.05, 0) is 31.5 Å². The van der Waals surface area contributed by atoms with E-state index in [-0.39, 0.29) is 11.7 Å². The van der Waals surface area contributed by atoms with Gasteiger partial charge < -0.3 is 5.11 Å². The molecule has 0 bridgehead atoms. The van der Waals surface area contributed by atoms with Gasteiger partial charge in [0.2, 0.25) is 5.88 Å². The van der Waals surface area contributed by atoms with E-state index in [1.165, 1.54) is 12.1 Å². The fraction of sp³-hybridized carbons (Fsp3) is 0.231. The lowest BCUT2D eigenvalue weighted by Gasteiger charge is -2.06. The number of nitrogens with zero attached hydrogens (tertiary/aromatic N) is 2. The Labute approximate surface area is 99.0 Å². The van der Waals surface area contributed by atoms with Crippen molar-refractivity contribution in [2.45, 2.75) is 20.3 Å². The zero-order valence-corrected chi connectivity index (χ0v) is 9.74. The maximum atomic E-state index is 12.7. The minimum Gasteiger partial charge on any atom is -0.492 e. The van der Waals surface area contributed by atoms with E-state index in [1.807, 2.05) is 6.92 Å². The van der Waals surface area contributed by atoms with E-state index in [0.717, 1.165) is 11.3 Å². The first kappa shape index (κ1) is 11.5. The van der Waals surface area contributed by atoms with Gasteiger partial charge in [-0.2, -0.15) is 0 Å². The third-order valence-corrected chi connectivity index (χ3v) is 2.64. The summed E-state index contributed by atoms with van der Waals surface area (Å²) in [5, 5.41) is 9.68. The average molecular weight is 232 g/mol. The average Bonchev–Trinajstić information content (AvgIpc) is 2.29. The molecule has 3 nitrogen and oxygen atoms in total. The molecule has 17 heavy (non-hydrogen) atoms. The van der Waals surface area contributed by atoms with E-state index in [1.54, 1.807) is 19.1 Å². The first-order valence-corrected chi connectivity index (χ1v) is 5.34. The minimum absolute atomic E-state index is 0.0579. The molecule has 0 unspecified atom stereocenters. The minimum atomic E-state index is -0.274. The van der Waals surface area contributed by atoms with Gasteiger partial charge in [0.25, 0.3) is 0 Å². The van der Waals surface area contributed by atoms with Crippen LogP contribution in [0.3, 0.4) is 0 Å². The molecule has 0 aliphatic rings. The van der Waals surface area contributed by atoms with Gasteiger partial charge in [0.1, 0.15) is 11.5 Å². The fourth-order valence-corrected chi connectivity index (χ4v) is 1.55. The molecule has 1 heterocycles. The number of hydrogen-bond donors (Lipinski definition) is 1. The predicted octanol–water partition coefficient (Wildman–Crippen LogP) is 2.53. The van der Waals surface area contributed by atoms with Crippen LogP contribution in [-0.4, -0.2) is 15.1 Å². The van der Waals surface area contributed by atoms with Gasteiger partial charge in [0, 0.05) is 6.42 Å². The molecule has 0 amide bonds. The number of hydrogen-bond acceptors (Lipinski definition) is 3.